The predicted octanol–water partition coefficient (Wildman–Crippen LogP) is 2.44. The molecule has 1 rings (SSSR count). The molecular formula is C12H19NO2. The molecule has 0 aromatic carbocycles. The lowest BCUT2D eigenvalue weighted by molar-refractivity contribution is -0.0185. The molecule has 15 heavy (non-hydrogen) atoms. The van der Waals surface area contributed by atoms with Crippen molar-refractivity contribution < 1.29 is 9.53 Å². The van der Waals surface area contributed by atoms with Gasteiger partial charge in [0.2, 0.25) is 0 Å². The third-order valence-electron chi connectivity index (χ3n) is 2.26. The Morgan fingerprint density at radius 2 is 2.13 bits per heavy atom. The highest BCUT2D eigenvalue weighted by atomic mass is 16.6. The highest BCUT2D eigenvalue weighted by Crippen LogP contribution is 2.33. The third-order valence-corrected chi connectivity index (χ3v) is 2.26. The first-order valence-corrected chi connectivity index (χ1v) is 5.12. The van der Waals surface area contributed by atoms with Crippen molar-refractivity contribution in [2.24, 2.45) is 5.41 Å². The van der Waals surface area contributed by atoms with Gasteiger partial charge in [0, 0.05) is 18.5 Å². The van der Waals surface area contributed by atoms with Crippen LogP contribution >= 0.6 is 0 Å². The van der Waals surface area contributed by atoms with Gasteiger partial charge < -0.3 is 9.64 Å². The number of likely N-dealkylation sites (tertiary alicyclic amines) is 1. The maximum Gasteiger partial charge on any atom is 0.410 e. The Bertz CT molecular complexity index is 259. The molecular weight excluding hydrogens is 190 g/mol. The van der Waals surface area contributed by atoms with E-state index in [0.29, 0.717) is 13.1 Å². The van der Waals surface area contributed by atoms with Crippen molar-refractivity contribution in [1.82, 2.24) is 4.90 Å². The molecule has 0 aromatic rings. The molecule has 0 saturated carbocycles. The van der Waals surface area contributed by atoms with Crippen molar-refractivity contribution in [3.63, 3.8) is 0 Å². The highest BCUT2D eigenvalue weighted by molar-refractivity contribution is 5.69. The molecule has 1 aliphatic heterocycles. The van der Waals surface area contributed by atoms with Gasteiger partial charge in [-0.25, -0.2) is 4.79 Å². The van der Waals surface area contributed by atoms with Gasteiger partial charge in [-0.15, -0.1) is 0 Å². The zero-order valence-corrected chi connectivity index (χ0v) is 9.75. The van der Waals surface area contributed by atoms with Gasteiger partial charge in [0.1, 0.15) is 5.60 Å². The van der Waals surface area contributed by atoms with E-state index in [1.165, 1.54) is 0 Å². The van der Waals surface area contributed by atoms with Crippen LogP contribution in [0.3, 0.4) is 0 Å². The number of nitrogens with zero attached hydrogens (tertiary/aromatic N) is 1. The summed E-state index contributed by atoms with van der Waals surface area (Å²) in [6.45, 7) is 16.2. The average molecular weight is 209 g/mol. The average Bonchev–Trinajstić information content (AvgIpc) is 1.96. The quantitative estimate of drug-likeness (QED) is 0.699. The van der Waals surface area contributed by atoms with E-state index in [2.05, 4.69) is 6.92 Å². The second-order valence-electron chi connectivity index (χ2n) is 5.28. The molecule has 84 valence electrons. The van der Waals surface area contributed by atoms with Crippen molar-refractivity contribution >= 4 is 6.09 Å². The summed E-state index contributed by atoms with van der Waals surface area (Å²) in [4.78, 5) is 13.2. The molecule has 3 nitrogen and oxygen atoms in total. The molecule has 1 saturated heterocycles. The van der Waals surface area contributed by atoms with Gasteiger partial charge in [0.05, 0.1) is 0 Å². The summed E-state index contributed by atoms with van der Waals surface area (Å²) < 4.78 is 5.23. The van der Waals surface area contributed by atoms with Gasteiger partial charge in [-0.1, -0.05) is 12.7 Å². The number of amides is 1. The molecule has 1 amide bonds. The fourth-order valence-corrected chi connectivity index (χ4v) is 1.60. The largest absolute Gasteiger partial charge is 0.444 e. The lowest BCUT2D eigenvalue weighted by Gasteiger charge is -2.47. The Hall–Kier alpha value is -0.990. The van der Waals surface area contributed by atoms with Gasteiger partial charge in [0.15, 0.2) is 0 Å². The van der Waals surface area contributed by atoms with Crippen molar-refractivity contribution in [2.75, 3.05) is 13.1 Å². The van der Waals surface area contributed by atoms with Gasteiger partial charge in [-0.05, 0) is 34.1 Å². The zero-order valence-electron chi connectivity index (χ0n) is 9.75. The molecule has 1 aliphatic rings. The summed E-state index contributed by atoms with van der Waals surface area (Å²) in [7, 11) is 0. The maximum atomic E-state index is 11.6. The first-order valence-electron chi connectivity index (χ1n) is 5.12. The van der Waals surface area contributed by atoms with Crippen LogP contribution in [0.4, 0.5) is 4.79 Å². The lowest BCUT2D eigenvalue weighted by Crippen LogP contribution is -2.57. The van der Waals surface area contributed by atoms with Crippen molar-refractivity contribution in [3.8, 4) is 0 Å². The van der Waals surface area contributed by atoms with Crippen LogP contribution in [0.25, 0.3) is 0 Å². The molecule has 0 bridgehead atoms. The predicted molar refractivity (Wildman–Crippen MR) is 59.1 cm³/mol. The molecule has 1 fully saturated rings. The van der Waals surface area contributed by atoms with Gasteiger partial charge >= 0.3 is 6.09 Å². The Labute approximate surface area is 92.1 Å². The SMILES string of the molecule is [CH]=CCC1([CH2])CN(C(=O)OC(C)(C)C)C1. The fourth-order valence-electron chi connectivity index (χ4n) is 1.60. The maximum absolute atomic E-state index is 11.6. The first-order chi connectivity index (χ1) is 6.76. The van der Waals surface area contributed by atoms with Crippen LogP contribution in [0, 0.1) is 18.9 Å². The van der Waals surface area contributed by atoms with Crippen molar-refractivity contribution in [1.29, 1.82) is 0 Å². The van der Waals surface area contributed by atoms with Crippen molar-refractivity contribution in [3.05, 3.63) is 19.6 Å². The van der Waals surface area contributed by atoms with E-state index < -0.39 is 5.60 Å². The van der Waals surface area contributed by atoms with Crippen LogP contribution in [0.1, 0.15) is 27.2 Å². The normalized spacial score (nSPS) is 19.3. The summed E-state index contributed by atoms with van der Waals surface area (Å²) in [5.41, 5.74) is -0.540. The first kappa shape index (κ1) is 12.1. The number of rotatable bonds is 2. The van der Waals surface area contributed by atoms with Crippen LogP contribution in [0.5, 0.6) is 0 Å². The van der Waals surface area contributed by atoms with Crippen LogP contribution in [-0.2, 0) is 4.74 Å². The number of hydrogen-bond acceptors (Lipinski definition) is 2. The summed E-state index contributed by atoms with van der Waals surface area (Å²) in [5, 5.41) is 0. The minimum absolute atomic E-state index is 0.106. The molecule has 0 aliphatic carbocycles. The molecule has 0 unspecified atom stereocenters. The standard InChI is InChI=1S/C12H19NO2/c1-6-7-12(5)8-13(9-12)10(14)15-11(2,3)4/h1,6H,5,7-9H2,2-4H3. The van der Waals surface area contributed by atoms with Crippen LogP contribution < -0.4 is 0 Å². The fraction of sp³-hybridized carbons (Fsp3) is 0.667. The molecule has 0 spiro atoms. The van der Waals surface area contributed by atoms with E-state index in [0.717, 1.165) is 6.42 Å². The van der Waals surface area contributed by atoms with Gasteiger partial charge in [0.25, 0.3) is 0 Å². The molecule has 3 heteroatoms. The zero-order chi connectivity index (χ0) is 11.7. The van der Waals surface area contributed by atoms with Crippen LogP contribution in [0.15, 0.2) is 6.08 Å². The highest BCUT2D eigenvalue weighted by Gasteiger charge is 2.41. The third kappa shape index (κ3) is 3.26. The van der Waals surface area contributed by atoms with E-state index in [4.69, 9.17) is 11.3 Å². The van der Waals surface area contributed by atoms with E-state index in [-0.39, 0.29) is 11.5 Å². The van der Waals surface area contributed by atoms with E-state index in [9.17, 15) is 4.79 Å². The summed E-state index contributed by atoms with van der Waals surface area (Å²) >= 11 is 0. The monoisotopic (exact) mass is 209 g/mol. The van der Waals surface area contributed by atoms with Crippen LogP contribution in [0.2, 0.25) is 0 Å². The Morgan fingerprint density at radius 3 is 2.53 bits per heavy atom. The number of ether oxygens (including phenoxy) is 1. The number of hydrogen-bond donors (Lipinski definition) is 0. The lowest BCUT2D eigenvalue weighted by atomic mass is 9.79. The Kier molecular flexibility index (Phi) is 3.12. The minimum atomic E-state index is -0.434. The van der Waals surface area contributed by atoms with Gasteiger partial charge in [-0.2, -0.15) is 0 Å². The smallest absolute Gasteiger partial charge is 0.410 e. The van der Waals surface area contributed by atoms with E-state index >= 15 is 0 Å². The topological polar surface area (TPSA) is 29.5 Å². The minimum Gasteiger partial charge on any atom is -0.444 e. The molecule has 0 atom stereocenters. The molecule has 0 N–H and O–H groups in total. The van der Waals surface area contributed by atoms with E-state index in [1.54, 1.807) is 11.0 Å². The summed E-state index contributed by atoms with van der Waals surface area (Å²) in [6, 6.07) is 0. The number of carbonyl (C=O) groups excluding carboxylic acids is 1. The second-order valence-corrected chi connectivity index (χ2v) is 5.28. The summed E-state index contributed by atoms with van der Waals surface area (Å²) in [6.07, 6.45) is 2.06. The number of allylic oxidation sites excluding steroid dienone is 1. The summed E-state index contributed by atoms with van der Waals surface area (Å²) in [5.74, 6) is 0. The second kappa shape index (κ2) is 3.87. The number of carbonyl (C=O) groups is 1. The van der Waals surface area contributed by atoms with E-state index in [1.807, 2.05) is 20.8 Å². The molecule has 0 aromatic heterocycles. The Morgan fingerprint density at radius 1 is 1.60 bits per heavy atom. The molecule has 2 radical (unpaired) electrons. The molecule has 1 heterocycles. The van der Waals surface area contributed by atoms with Crippen LogP contribution in [-0.4, -0.2) is 29.7 Å². The van der Waals surface area contributed by atoms with Crippen molar-refractivity contribution in [2.45, 2.75) is 32.8 Å². The Balaban J connectivity index is 2.38. The van der Waals surface area contributed by atoms with Gasteiger partial charge in [-0.3, -0.25) is 0 Å².